The van der Waals surface area contributed by atoms with Crippen LogP contribution in [0.15, 0.2) is 46.5 Å². The number of halogens is 1. The molecule has 2 aliphatic rings. The Labute approximate surface area is 151 Å². The van der Waals surface area contributed by atoms with Crippen molar-refractivity contribution in [1.82, 2.24) is 10.2 Å². The molecule has 1 N–H and O–H groups in total. The quantitative estimate of drug-likeness (QED) is 0.779. The molecule has 0 aromatic heterocycles. The molecule has 130 valence electrons. The van der Waals surface area contributed by atoms with Crippen LogP contribution in [0.4, 0.5) is 4.79 Å². The van der Waals surface area contributed by atoms with E-state index < -0.39 is 5.60 Å². The summed E-state index contributed by atoms with van der Waals surface area (Å²) < 4.78 is 6.31. The average Bonchev–Trinajstić information content (AvgIpc) is 2.89. The first-order valence-electron chi connectivity index (χ1n) is 7.95. The Kier molecular flexibility index (Phi) is 6.04. The van der Waals surface area contributed by atoms with Gasteiger partial charge in [0.1, 0.15) is 5.60 Å². The Morgan fingerprint density at radius 3 is 2.67 bits per heavy atom. The van der Waals surface area contributed by atoms with Gasteiger partial charge >= 0.3 is 6.09 Å². The molecule has 0 bridgehead atoms. The number of nitrogens with one attached hydrogen (secondary N) is 1. The maximum Gasteiger partial charge on any atom is 0.410 e. The molecule has 1 atom stereocenters. The molecule has 2 rings (SSSR count). The Hall–Kier alpha value is -1.82. The molecule has 1 aliphatic carbocycles. The lowest BCUT2D eigenvalue weighted by Gasteiger charge is -2.24. The minimum absolute atomic E-state index is 0.0592. The monoisotopic (exact) mass is 394 g/mol. The highest BCUT2D eigenvalue weighted by Gasteiger charge is 2.30. The Balaban J connectivity index is 1.89. The van der Waals surface area contributed by atoms with Gasteiger partial charge in [0.15, 0.2) is 0 Å². The highest BCUT2D eigenvalue weighted by atomic mass is 79.9. The first-order valence-corrected chi connectivity index (χ1v) is 8.75. The van der Waals surface area contributed by atoms with E-state index in [4.69, 9.17) is 4.74 Å². The van der Waals surface area contributed by atoms with Gasteiger partial charge in [0.05, 0.1) is 0 Å². The van der Waals surface area contributed by atoms with E-state index >= 15 is 0 Å². The van der Waals surface area contributed by atoms with Crippen LogP contribution in [0.25, 0.3) is 0 Å². The molecule has 0 spiro atoms. The fourth-order valence-corrected chi connectivity index (χ4v) is 2.69. The van der Waals surface area contributed by atoms with Crippen molar-refractivity contribution in [1.29, 1.82) is 0 Å². The summed E-state index contributed by atoms with van der Waals surface area (Å²) in [5, 5.41) is 2.98. The van der Waals surface area contributed by atoms with Crippen molar-refractivity contribution in [2.24, 2.45) is 0 Å². The number of carbonyl (C=O) groups is 2. The van der Waals surface area contributed by atoms with Crippen molar-refractivity contribution in [3.05, 3.63) is 46.5 Å². The molecule has 1 aliphatic heterocycles. The van der Waals surface area contributed by atoms with Gasteiger partial charge in [0.25, 0.3) is 5.91 Å². The molecular formula is C18H23BrN2O3. The van der Waals surface area contributed by atoms with Gasteiger partial charge in [-0.2, -0.15) is 0 Å². The zero-order valence-corrected chi connectivity index (χ0v) is 15.8. The third-order valence-electron chi connectivity index (χ3n) is 3.50. The van der Waals surface area contributed by atoms with Crippen molar-refractivity contribution < 1.29 is 14.3 Å². The second-order valence-electron chi connectivity index (χ2n) is 6.78. The predicted molar refractivity (Wildman–Crippen MR) is 97.7 cm³/mol. The van der Waals surface area contributed by atoms with E-state index in [-0.39, 0.29) is 18.0 Å². The van der Waals surface area contributed by atoms with Crippen LogP contribution < -0.4 is 5.32 Å². The molecular weight excluding hydrogens is 372 g/mol. The van der Waals surface area contributed by atoms with E-state index in [0.717, 1.165) is 10.9 Å². The van der Waals surface area contributed by atoms with Gasteiger partial charge in [-0.05, 0) is 51.5 Å². The number of carbonyl (C=O) groups excluding carboxylic acids is 2. The van der Waals surface area contributed by atoms with Gasteiger partial charge in [0, 0.05) is 29.2 Å². The van der Waals surface area contributed by atoms with E-state index in [2.05, 4.69) is 21.2 Å². The second-order valence-corrected chi connectivity index (χ2v) is 7.69. The summed E-state index contributed by atoms with van der Waals surface area (Å²) in [5.41, 5.74) is 0.0688. The van der Waals surface area contributed by atoms with Crippen LogP contribution in [0, 0.1) is 0 Å². The lowest BCUT2D eigenvalue weighted by molar-refractivity contribution is -0.117. The van der Waals surface area contributed by atoms with E-state index in [1.54, 1.807) is 17.1 Å². The van der Waals surface area contributed by atoms with Crippen LogP contribution in [-0.2, 0) is 9.53 Å². The first kappa shape index (κ1) is 18.5. The molecule has 2 amide bonds. The predicted octanol–water partition coefficient (Wildman–Crippen LogP) is 3.44. The molecule has 24 heavy (non-hydrogen) atoms. The number of hydrogen-bond donors (Lipinski definition) is 1. The molecule has 0 aromatic rings. The highest BCUT2D eigenvalue weighted by molar-refractivity contribution is 9.11. The molecule has 0 saturated carbocycles. The molecule has 5 nitrogen and oxygen atoms in total. The van der Waals surface area contributed by atoms with Crippen LogP contribution in [0.1, 0.15) is 27.2 Å². The lowest BCUT2D eigenvalue weighted by Crippen LogP contribution is -2.40. The Morgan fingerprint density at radius 1 is 1.25 bits per heavy atom. The van der Waals surface area contributed by atoms with Gasteiger partial charge < -0.3 is 15.0 Å². The molecule has 1 fully saturated rings. The molecule has 1 saturated heterocycles. The molecule has 1 heterocycles. The van der Waals surface area contributed by atoms with E-state index in [9.17, 15) is 9.59 Å². The summed E-state index contributed by atoms with van der Waals surface area (Å²) in [4.78, 5) is 26.1. The average molecular weight is 395 g/mol. The summed E-state index contributed by atoms with van der Waals surface area (Å²) in [6.07, 6.45) is 11.3. The van der Waals surface area contributed by atoms with E-state index in [0.29, 0.717) is 18.7 Å². The molecule has 0 aromatic carbocycles. The Morgan fingerprint density at radius 2 is 1.96 bits per heavy atom. The highest BCUT2D eigenvalue weighted by Crippen LogP contribution is 2.16. The Bertz CT molecular complexity index is 627. The number of nitrogens with zero attached hydrogens (tertiary/aromatic N) is 1. The summed E-state index contributed by atoms with van der Waals surface area (Å²) in [7, 11) is 0. The number of hydrogen-bond acceptors (Lipinski definition) is 3. The van der Waals surface area contributed by atoms with Gasteiger partial charge in [-0.3, -0.25) is 4.79 Å². The zero-order valence-electron chi connectivity index (χ0n) is 14.2. The normalized spacial score (nSPS) is 27.8. The fourth-order valence-electron chi connectivity index (χ4n) is 2.39. The van der Waals surface area contributed by atoms with Crippen molar-refractivity contribution in [2.75, 3.05) is 13.1 Å². The summed E-state index contributed by atoms with van der Waals surface area (Å²) in [6.45, 7) is 6.58. The number of ether oxygens (including phenoxy) is 1. The standard InChI is InChI=1S/C18H23BrN2O3/c1-18(2,3)24-17(23)21-11-10-15(12-21)20-16(22)13-6-4-8-14(19)9-5-7-13/h4-9,15H,10-12H2,1-3H3,(H,20,22)/b6-4-,7-5?,8-4?,9-5-,13-6?,13-7+,14-8+,14-9?/t15-/m1/s1. The van der Waals surface area contributed by atoms with Crippen molar-refractivity contribution in [3.63, 3.8) is 0 Å². The van der Waals surface area contributed by atoms with Crippen LogP contribution >= 0.6 is 15.9 Å². The van der Waals surface area contributed by atoms with E-state index in [1.165, 1.54) is 0 Å². The third kappa shape index (κ3) is 5.67. The summed E-state index contributed by atoms with van der Waals surface area (Å²) >= 11 is 3.39. The fraction of sp³-hybridized carbons (Fsp3) is 0.444. The number of amides is 2. The molecule has 0 radical (unpaired) electrons. The van der Waals surface area contributed by atoms with Crippen molar-refractivity contribution in [3.8, 4) is 0 Å². The van der Waals surface area contributed by atoms with Gasteiger partial charge in [-0.25, -0.2) is 4.79 Å². The minimum atomic E-state index is -0.513. The smallest absolute Gasteiger partial charge is 0.410 e. The van der Waals surface area contributed by atoms with Crippen LogP contribution in [-0.4, -0.2) is 41.6 Å². The van der Waals surface area contributed by atoms with Crippen LogP contribution in [0.5, 0.6) is 0 Å². The summed E-state index contributed by atoms with van der Waals surface area (Å²) in [6, 6.07) is -0.0592. The lowest BCUT2D eigenvalue weighted by atomic mass is 10.1. The largest absolute Gasteiger partial charge is 0.444 e. The van der Waals surface area contributed by atoms with Crippen LogP contribution in [0.3, 0.4) is 0 Å². The number of likely N-dealkylation sites (tertiary alicyclic amines) is 1. The van der Waals surface area contributed by atoms with Crippen LogP contribution in [0.2, 0.25) is 0 Å². The maximum atomic E-state index is 12.4. The number of rotatable bonds is 2. The summed E-state index contributed by atoms with van der Waals surface area (Å²) in [5.74, 6) is -0.140. The SMILES string of the molecule is CC(C)(C)OC(=O)N1CC[C@@H](NC(=O)C2=C/C=C\C(Br)=C/C=C\2)C1. The first-order chi connectivity index (χ1) is 11.2. The van der Waals surface area contributed by atoms with Gasteiger partial charge in [-0.15, -0.1) is 0 Å². The topological polar surface area (TPSA) is 58.6 Å². The van der Waals surface area contributed by atoms with E-state index in [1.807, 2.05) is 45.1 Å². The van der Waals surface area contributed by atoms with Crippen molar-refractivity contribution in [2.45, 2.75) is 38.8 Å². The van der Waals surface area contributed by atoms with Crippen molar-refractivity contribution >= 4 is 27.9 Å². The minimum Gasteiger partial charge on any atom is -0.444 e. The third-order valence-corrected chi connectivity index (χ3v) is 4.03. The number of allylic oxidation sites excluding steroid dienone is 6. The zero-order chi connectivity index (χ0) is 17.7. The molecule has 0 unspecified atom stereocenters. The molecule has 6 heteroatoms. The maximum absolute atomic E-state index is 12.4. The second kappa shape index (κ2) is 7.83. The van der Waals surface area contributed by atoms with Gasteiger partial charge in [-0.1, -0.05) is 28.1 Å². The van der Waals surface area contributed by atoms with Gasteiger partial charge in [0.2, 0.25) is 0 Å².